The van der Waals surface area contributed by atoms with E-state index in [-0.39, 0.29) is 11.3 Å². The number of carbonyl (C=O) groups is 1. The molecule has 6 heteroatoms. The molecule has 0 aliphatic heterocycles. The Balaban J connectivity index is 1.69. The Hall–Kier alpha value is -3.05. The summed E-state index contributed by atoms with van der Waals surface area (Å²) in [5.41, 5.74) is 4.34. The van der Waals surface area contributed by atoms with Gasteiger partial charge in [0.2, 0.25) is 0 Å². The van der Waals surface area contributed by atoms with E-state index in [4.69, 9.17) is 16.0 Å². The third-order valence-electron chi connectivity index (χ3n) is 3.59. The first-order chi connectivity index (χ1) is 12.0. The van der Waals surface area contributed by atoms with Crippen LogP contribution in [-0.2, 0) is 0 Å². The van der Waals surface area contributed by atoms with Crippen molar-refractivity contribution in [2.75, 3.05) is 0 Å². The van der Waals surface area contributed by atoms with Crippen molar-refractivity contribution in [3.63, 3.8) is 0 Å². The molecule has 0 unspecified atom stereocenters. The minimum absolute atomic E-state index is 0.105. The number of hydrogen-bond acceptors (Lipinski definition) is 4. The quantitative estimate of drug-likeness (QED) is 0.539. The monoisotopic (exact) mass is 354 g/mol. The van der Waals surface area contributed by atoms with Gasteiger partial charge in [0, 0.05) is 10.6 Å². The Kier molecular flexibility index (Phi) is 4.86. The molecule has 1 amide bonds. The van der Waals surface area contributed by atoms with Crippen molar-refractivity contribution in [2.45, 2.75) is 6.92 Å². The molecular formula is C19H15ClN2O3. The summed E-state index contributed by atoms with van der Waals surface area (Å²) in [7, 11) is 0. The molecule has 2 N–H and O–H groups in total. The van der Waals surface area contributed by atoms with E-state index in [9.17, 15) is 9.90 Å². The number of phenolic OH excluding ortho intramolecular Hbond substituents is 1. The zero-order chi connectivity index (χ0) is 17.8. The minimum Gasteiger partial charge on any atom is -0.507 e. The number of aryl methyl sites for hydroxylation is 1. The lowest BCUT2D eigenvalue weighted by Crippen LogP contribution is -2.17. The first-order valence-corrected chi connectivity index (χ1v) is 7.90. The molecule has 0 saturated heterocycles. The number of amides is 1. The molecular weight excluding hydrogens is 340 g/mol. The van der Waals surface area contributed by atoms with Crippen molar-refractivity contribution in [3.8, 4) is 17.1 Å². The zero-order valence-corrected chi connectivity index (χ0v) is 14.1. The number of hydrogen-bond donors (Lipinski definition) is 2. The summed E-state index contributed by atoms with van der Waals surface area (Å²) in [5, 5.41) is 14.1. The summed E-state index contributed by atoms with van der Waals surface area (Å²) in [4.78, 5) is 11.9. The maximum atomic E-state index is 11.9. The molecule has 0 saturated carbocycles. The van der Waals surface area contributed by atoms with Crippen LogP contribution in [-0.4, -0.2) is 17.2 Å². The van der Waals surface area contributed by atoms with E-state index in [1.165, 1.54) is 18.3 Å². The van der Waals surface area contributed by atoms with E-state index in [1.807, 2.05) is 25.1 Å². The van der Waals surface area contributed by atoms with Crippen LogP contribution in [0.3, 0.4) is 0 Å². The maximum Gasteiger partial charge on any atom is 0.275 e. The predicted octanol–water partition coefficient (Wildman–Crippen LogP) is 4.38. The van der Waals surface area contributed by atoms with Crippen LogP contribution in [0.4, 0.5) is 0 Å². The number of nitrogens with one attached hydrogen (secondary N) is 1. The van der Waals surface area contributed by atoms with Gasteiger partial charge < -0.3 is 9.52 Å². The van der Waals surface area contributed by atoms with Crippen molar-refractivity contribution in [1.29, 1.82) is 0 Å². The number of phenols is 1. The van der Waals surface area contributed by atoms with Gasteiger partial charge in [-0.3, -0.25) is 4.79 Å². The number of aromatic hydroxyl groups is 1. The fourth-order valence-corrected chi connectivity index (χ4v) is 2.38. The SMILES string of the molecule is Cc1ccc(-c2ccc(C=NNC(=O)c3ccccc3O)o2)cc1Cl. The number of halogens is 1. The van der Waals surface area contributed by atoms with Crippen molar-refractivity contribution >= 4 is 23.7 Å². The lowest BCUT2D eigenvalue weighted by Gasteiger charge is -2.01. The third-order valence-corrected chi connectivity index (χ3v) is 4.00. The second-order valence-corrected chi connectivity index (χ2v) is 5.79. The molecule has 0 spiro atoms. The number of rotatable bonds is 4. The van der Waals surface area contributed by atoms with Gasteiger partial charge in [-0.2, -0.15) is 5.10 Å². The van der Waals surface area contributed by atoms with Gasteiger partial charge in [-0.15, -0.1) is 0 Å². The van der Waals surface area contributed by atoms with Crippen molar-refractivity contribution < 1.29 is 14.3 Å². The number of carbonyl (C=O) groups excluding carboxylic acids is 1. The van der Waals surface area contributed by atoms with Gasteiger partial charge in [0.1, 0.15) is 17.3 Å². The summed E-state index contributed by atoms with van der Waals surface area (Å²) in [6.45, 7) is 1.93. The maximum absolute atomic E-state index is 11.9. The van der Waals surface area contributed by atoms with Gasteiger partial charge in [0.05, 0.1) is 11.8 Å². The lowest BCUT2D eigenvalue weighted by molar-refractivity contribution is 0.0952. The van der Waals surface area contributed by atoms with E-state index in [1.54, 1.807) is 24.3 Å². The van der Waals surface area contributed by atoms with Gasteiger partial charge in [-0.05, 0) is 42.8 Å². The van der Waals surface area contributed by atoms with Gasteiger partial charge in [0.15, 0.2) is 0 Å². The molecule has 3 aromatic rings. The van der Waals surface area contributed by atoms with E-state index in [0.29, 0.717) is 16.5 Å². The number of furan rings is 1. The third kappa shape index (κ3) is 3.89. The Morgan fingerprint density at radius 1 is 1.20 bits per heavy atom. The molecule has 126 valence electrons. The second kappa shape index (κ2) is 7.23. The average molecular weight is 355 g/mol. The number of benzene rings is 2. The van der Waals surface area contributed by atoms with Crippen LogP contribution >= 0.6 is 11.6 Å². The van der Waals surface area contributed by atoms with Crippen LogP contribution in [0.1, 0.15) is 21.7 Å². The van der Waals surface area contributed by atoms with Crippen LogP contribution < -0.4 is 5.43 Å². The molecule has 0 atom stereocenters. The smallest absolute Gasteiger partial charge is 0.275 e. The Bertz CT molecular complexity index is 947. The van der Waals surface area contributed by atoms with E-state index >= 15 is 0 Å². The highest BCUT2D eigenvalue weighted by atomic mass is 35.5. The van der Waals surface area contributed by atoms with Crippen LogP contribution in [0, 0.1) is 6.92 Å². The molecule has 0 aliphatic carbocycles. The fraction of sp³-hybridized carbons (Fsp3) is 0.0526. The summed E-state index contributed by atoms with van der Waals surface area (Å²) in [6.07, 6.45) is 1.39. The van der Waals surface area contributed by atoms with Gasteiger partial charge in [-0.1, -0.05) is 35.9 Å². The summed E-state index contributed by atoms with van der Waals surface area (Å²) in [5.74, 6) is 0.512. The normalized spacial score (nSPS) is 11.0. The summed E-state index contributed by atoms with van der Waals surface area (Å²) < 4.78 is 5.67. The molecule has 1 aromatic heterocycles. The average Bonchev–Trinajstić information content (AvgIpc) is 3.06. The van der Waals surface area contributed by atoms with Gasteiger partial charge in [0.25, 0.3) is 5.91 Å². The van der Waals surface area contributed by atoms with E-state index in [2.05, 4.69) is 10.5 Å². The molecule has 5 nitrogen and oxygen atoms in total. The zero-order valence-electron chi connectivity index (χ0n) is 13.4. The van der Waals surface area contributed by atoms with Crippen LogP contribution in [0.5, 0.6) is 5.75 Å². The highest BCUT2D eigenvalue weighted by molar-refractivity contribution is 6.31. The van der Waals surface area contributed by atoms with Gasteiger partial charge >= 0.3 is 0 Å². The van der Waals surface area contributed by atoms with Crippen LogP contribution in [0.15, 0.2) is 64.1 Å². The molecule has 0 fully saturated rings. The largest absolute Gasteiger partial charge is 0.507 e. The first-order valence-electron chi connectivity index (χ1n) is 7.52. The molecule has 0 aliphatic rings. The Labute approximate surface area is 149 Å². The Morgan fingerprint density at radius 2 is 2.00 bits per heavy atom. The van der Waals surface area contributed by atoms with Gasteiger partial charge in [-0.25, -0.2) is 5.43 Å². The van der Waals surface area contributed by atoms with Crippen LogP contribution in [0.25, 0.3) is 11.3 Å². The summed E-state index contributed by atoms with van der Waals surface area (Å²) in [6, 6.07) is 15.4. The highest BCUT2D eigenvalue weighted by Crippen LogP contribution is 2.26. The summed E-state index contributed by atoms with van der Waals surface area (Å²) >= 11 is 6.12. The molecule has 25 heavy (non-hydrogen) atoms. The van der Waals surface area contributed by atoms with Crippen LogP contribution in [0.2, 0.25) is 5.02 Å². The lowest BCUT2D eigenvalue weighted by atomic mass is 10.1. The number of para-hydroxylation sites is 1. The van der Waals surface area contributed by atoms with E-state index < -0.39 is 5.91 Å². The molecule has 1 heterocycles. The highest BCUT2D eigenvalue weighted by Gasteiger charge is 2.09. The standard InChI is InChI=1S/C19H15ClN2O3/c1-12-6-7-13(10-16(12)20)18-9-8-14(25-18)11-21-22-19(24)15-4-2-3-5-17(15)23/h2-11,23H,1H3,(H,22,24). The topological polar surface area (TPSA) is 74.8 Å². The van der Waals surface area contributed by atoms with E-state index in [0.717, 1.165) is 11.1 Å². The predicted molar refractivity (Wildman–Crippen MR) is 97.1 cm³/mol. The molecule has 2 aromatic carbocycles. The fourth-order valence-electron chi connectivity index (χ4n) is 2.20. The molecule has 0 radical (unpaired) electrons. The van der Waals surface area contributed by atoms with Crippen molar-refractivity contribution in [2.24, 2.45) is 5.10 Å². The molecule has 0 bridgehead atoms. The van der Waals surface area contributed by atoms with Crippen molar-refractivity contribution in [3.05, 3.63) is 76.5 Å². The second-order valence-electron chi connectivity index (χ2n) is 5.38. The minimum atomic E-state index is -0.508. The Morgan fingerprint density at radius 3 is 2.76 bits per heavy atom. The molecule has 3 rings (SSSR count). The number of hydrazone groups is 1. The van der Waals surface area contributed by atoms with Crippen molar-refractivity contribution in [1.82, 2.24) is 5.43 Å². The first kappa shape index (κ1) is 16.8. The number of nitrogens with zero attached hydrogens (tertiary/aromatic N) is 1.